The third-order valence-corrected chi connectivity index (χ3v) is 7.60. The molecule has 2 aliphatic rings. The Hall–Kier alpha value is -3.19. The second-order valence-electron chi connectivity index (χ2n) is 9.00. The summed E-state index contributed by atoms with van der Waals surface area (Å²) in [4.78, 5) is 15.4. The van der Waals surface area contributed by atoms with E-state index in [2.05, 4.69) is 20.8 Å². The van der Waals surface area contributed by atoms with Crippen LogP contribution in [0.15, 0.2) is 59.1 Å². The van der Waals surface area contributed by atoms with Crippen molar-refractivity contribution >= 4 is 27.4 Å². The Labute approximate surface area is 213 Å². The Morgan fingerprint density at radius 3 is 2.46 bits per heavy atom. The smallest absolute Gasteiger partial charge is 0.183 e. The summed E-state index contributed by atoms with van der Waals surface area (Å²) in [7, 11) is 3.16. The third kappa shape index (κ3) is 4.69. The highest BCUT2D eigenvalue weighted by Gasteiger charge is 2.40. The van der Waals surface area contributed by atoms with Gasteiger partial charge in [0.05, 0.1) is 24.7 Å². The number of carbonyl (C=O) groups excluding carboxylic acids is 1. The zero-order valence-electron chi connectivity index (χ0n) is 19.8. The summed E-state index contributed by atoms with van der Waals surface area (Å²) in [6.07, 6.45) is 3.42. The number of nitrogens with zero attached hydrogens (tertiary/aromatic N) is 1. The van der Waals surface area contributed by atoms with Gasteiger partial charge in [0.1, 0.15) is 5.75 Å². The maximum Gasteiger partial charge on any atom is 0.183 e. The lowest BCUT2D eigenvalue weighted by Crippen LogP contribution is -2.45. The maximum absolute atomic E-state index is 13.3. The molecule has 3 aromatic rings. The highest BCUT2D eigenvalue weighted by Crippen LogP contribution is 2.45. The lowest BCUT2D eigenvalue weighted by atomic mass is 9.90. The summed E-state index contributed by atoms with van der Waals surface area (Å²) in [6.45, 7) is 0.470. The molecule has 1 atom stereocenters. The second-order valence-corrected chi connectivity index (χ2v) is 9.79. The summed E-state index contributed by atoms with van der Waals surface area (Å²) < 4.78 is 17.9. The number of aromatic hydroxyl groups is 1. The fourth-order valence-electron chi connectivity index (χ4n) is 4.72. The predicted octanol–water partition coefficient (Wildman–Crippen LogP) is 6.26. The highest BCUT2D eigenvalue weighted by molar-refractivity contribution is 9.10. The second kappa shape index (κ2) is 9.82. The van der Waals surface area contributed by atoms with E-state index in [1.54, 1.807) is 20.3 Å². The molecule has 6 nitrogen and oxygen atoms in total. The predicted molar refractivity (Wildman–Crippen MR) is 138 cm³/mol. The molecule has 1 fully saturated rings. The largest absolute Gasteiger partial charge is 0.504 e. The number of rotatable bonds is 8. The van der Waals surface area contributed by atoms with Crippen molar-refractivity contribution in [3.63, 3.8) is 0 Å². The minimum Gasteiger partial charge on any atom is -0.504 e. The Morgan fingerprint density at radius 2 is 1.77 bits per heavy atom. The number of halogens is 1. The van der Waals surface area contributed by atoms with E-state index >= 15 is 0 Å². The number of phenols is 1. The fraction of sp³-hybridized carbons (Fsp3) is 0.321. The van der Waals surface area contributed by atoms with Crippen LogP contribution in [-0.4, -0.2) is 31.2 Å². The maximum atomic E-state index is 13.3. The lowest BCUT2D eigenvalue weighted by Gasteiger charge is -2.39. The van der Waals surface area contributed by atoms with E-state index in [4.69, 9.17) is 14.2 Å². The van der Waals surface area contributed by atoms with Crippen molar-refractivity contribution in [2.75, 3.05) is 19.1 Å². The molecule has 1 N–H and O–H groups in total. The van der Waals surface area contributed by atoms with Crippen molar-refractivity contribution in [3.05, 3.63) is 70.2 Å². The first kappa shape index (κ1) is 23.5. The molecule has 0 aromatic heterocycles. The SMILES string of the molecule is COc1cc2c(cc1O)N(Cc1ccc(OC)c(Oc3ccccc3)c1Br)[C@@H](C(=O)C1CC1)CC2. The Morgan fingerprint density at radius 1 is 1.03 bits per heavy atom. The molecular formula is C28H28BrNO5. The number of methoxy groups -OCH3 is 2. The van der Waals surface area contributed by atoms with Crippen molar-refractivity contribution in [2.45, 2.75) is 38.3 Å². The van der Waals surface area contributed by atoms with E-state index < -0.39 is 0 Å². The van der Waals surface area contributed by atoms with E-state index in [1.165, 1.54) is 0 Å². The Balaban J connectivity index is 1.54. The van der Waals surface area contributed by atoms with Gasteiger partial charge < -0.3 is 24.2 Å². The molecular weight excluding hydrogens is 510 g/mol. The minimum atomic E-state index is -0.240. The molecule has 3 aromatic carbocycles. The number of ether oxygens (including phenoxy) is 3. The summed E-state index contributed by atoms with van der Waals surface area (Å²) in [5.41, 5.74) is 2.88. The number of phenolic OH excluding ortho intramolecular Hbond substituents is 1. The minimum absolute atomic E-state index is 0.0673. The zero-order chi connectivity index (χ0) is 24.5. The molecule has 1 aliphatic heterocycles. The van der Waals surface area contributed by atoms with E-state index in [9.17, 15) is 9.90 Å². The summed E-state index contributed by atoms with van der Waals surface area (Å²) >= 11 is 3.75. The topological polar surface area (TPSA) is 68.2 Å². The molecule has 0 bridgehead atoms. The monoisotopic (exact) mass is 537 g/mol. The molecule has 1 heterocycles. The van der Waals surface area contributed by atoms with Crippen molar-refractivity contribution in [2.24, 2.45) is 5.92 Å². The van der Waals surface area contributed by atoms with Crippen LogP contribution in [-0.2, 0) is 17.8 Å². The van der Waals surface area contributed by atoms with Crippen LogP contribution < -0.4 is 19.1 Å². The third-order valence-electron chi connectivity index (χ3n) is 6.73. The first-order valence-electron chi connectivity index (χ1n) is 11.8. The Bertz CT molecular complexity index is 1240. The first-order chi connectivity index (χ1) is 17.0. The molecule has 5 rings (SSSR count). The van der Waals surface area contributed by atoms with Crippen molar-refractivity contribution in [3.8, 4) is 28.7 Å². The summed E-state index contributed by atoms with van der Waals surface area (Å²) in [5, 5.41) is 10.5. The van der Waals surface area contributed by atoms with Gasteiger partial charge in [-0.2, -0.15) is 0 Å². The van der Waals surface area contributed by atoms with Crippen molar-refractivity contribution in [1.29, 1.82) is 0 Å². The molecule has 7 heteroatoms. The highest BCUT2D eigenvalue weighted by atomic mass is 79.9. The number of aryl methyl sites for hydroxylation is 1. The average molecular weight is 538 g/mol. The zero-order valence-corrected chi connectivity index (χ0v) is 21.4. The van der Waals surface area contributed by atoms with Gasteiger partial charge in [-0.1, -0.05) is 24.3 Å². The molecule has 0 radical (unpaired) electrons. The fourth-order valence-corrected chi connectivity index (χ4v) is 5.26. The number of fused-ring (bicyclic) bond motifs is 1. The molecule has 1 aliphatic carbocycles. The van der Waals surface area contributed by atoms with E-state index in [-0.39, 0.29) is 23.5 Å². The van der Waals surface area contributed by atoms with Gasteiger partial charge in [-0.25, -0.2) is 0 Å². The van der Waals surface area contributed by atoms with Crippen molar-refractivity contribution in [1.82, 2.24) is 0 Å². The number of anilines is 1. The van der Waals surface area contributed by atoms with Crippen LogP contribution in [0.25, 0.3) is 0 Å². The number of hydrogen-bond donors (Lipinski definition) is 1. The van der Waals surface area contributed by atoms with Gasteiger partial charge in [0.2, 0.25) is 0 Å². The van der Waals surface area contributed by atoms with Gasteiger partial charge in [0, 0.05) is 24.2 Å². The van der Waals surface area contributed by atoms with Crippen LogP contribution in [0.3, 0.4) is 0 Å². The number of hydrogen-bond acceptors (Lipinski definition) is 6. The van der Waals surface area contributed by atoms with E-state index in [1.807, 2.05) is 48.5 Å². The molecule has 182 valence electrons. The quantitative estimate of drug-likeness (QED) is 0.365. The van der Waals surface area contributed by atoms with Crippen molar-refractivity contribution < 1.29 is 24.1 Å². The van der Waals surface area contributed by atoms with Crippen LogP contribution in [0.2, 0.25) is 0 Å². The molecule has 0 spiro atoms. The molecule has 1 saturated carbocycles. The average Bonchev–Trinajstić information content (AvgIpc) is 3.72. The van der Waals surface area contributed by atoms with Gasteiger partial charge >= 0.3 is 0 Å². The summed E-state index contributed by atoms with van der Waals surface area (Å²) in [5.74, 6) is 2.83. The number of benzene rings is 3. The lowest BCUT2D eigenvalue weighted by molar-refractivity contribution is -0.121. The van der Waals surface area contributed by atoms with Crippen LogP contribution in [0, 0.1) is 5.92 Å². The van der Waals surface area contributed by atoms with Crippen LogP contribution in [0.4, 0.5) is 5.69 Å². The van der Waals surface area contributed by atoms with Gasteiger partial charge in [-0.05, 0) is 77.0 Å². The number of ketones is 1. The standard InChI is InChI=1S/C28H28BrNO5/c1-33-24-13-11-19(26(29)28(24)35-20-6-4-3-5-7-20)16-30-21(27(32)17-8-9-17)12-10-18-14-25(34-2)23(31)15-22(18)30/h3-7,11,13-15,17,21,31H,8-10,12,16H2,1-2H3/t21-/m1/s1. The first-order valence-corrected chi connectivity index (χ1v) is 12.6. The molecule has 35 heavy (non-hydrogen) atoms. The number of carbonyl (C=O) groups is 1. The molecule has 0 unspecified atom stereocenters. The van der Waals surface area contributed by atoms with Crippen LogP contribution in [0.5, 0.6) is 28.7 Å². The van der Waals surface area contributed by atoms with E-state index in [0.29, 0.717) is 29.5 Å². The Kier molecular flexibility index (Phi) is 6.60. The number of para-hydroxylation sites is 1. The van der Waals surface area contributed by atoms with Crippen LogP contribution in [0.1, 0.15) is 30.4 Å². The number of Topliss-reactive ketones (excluding diaryl/α,β-unsaturated/α-hetero) is 1. The normalized spacial score (nSPS) is 17.0. The van der Waals surface area contributed by atoms with Gasteiger partial charge in [-0.3, -0.25) is 4.79 Å². The van der Waals surface area contributed by atoms with Gasteiger partial charge in [0.25, 0.3) is 0 Å². The van der Waals surface area contributed by atoms with Crippen LogP contribution >= 0.6 is 15.9 Å². The molecule has 0 saturated heterocycles. The van der Waals surface area contributed by atoms with E-state index in [0.717, 1.165) is 47.0 Å². The molecule has 0 amide bonds. The summed E-state index contributed by atoms with van der Waals surface area (Å²) in [6, 6.07) is 16.8. The van der Waals surface area contributed by atoms with Gasteiger partial charge in [0.15, 0.2) is 28.8 Å². The van der Waals surface area contributed by atoms with Gasteiger partial charge in [-0.15, -0.1) is 0 Å².